The fraction of sp³-hybridized carbons (Fsp3) is 0.417. The molecule has 6 heteroatoms. The summed E-state index contributed by atoms with van der Waals surface area (Å²) in [5.41, 5.74) is -0.0301. The van der Waals surface area contributed by atoms with Crippen molar-refractivity contribution >= 4 is 21.7 Å². The summed E-state index contributed by atoms with van der Waals surface area (Å²) in [6, 6.07) is 5.15. The number of hydrogen-bond acceptors (Lipinski definition) is 4. The molecule has 0 bridgehead atoms. The summed E-state index contributed by atoms with van der Waals surface area (Å²) in [4.78, 5) is 11.5. The van der Waals surface area contributed by atoms with Gasteiger partial charge in [-0.05, 0) is 30.7 Å². The van der Waals surface area contributed by atoms with Gasteiger partial charge in [0.1, 0.15) is 10.1 Å². The van der Waals surface area contributed by atoms with Crippen LogP contribution in [0.25, 0.3) is 0 Å². The molecule has 0 radical (unpaired) electrons. The van der Waals surface area contributed by atoms with Gasteiger partial charge in [-0.1, -0.05) is 20.8 Å². The van der Waals surface area contributed by atoms with Crippen molar-refractivity contribution in [1.29, 1.82) is 0 Å². The fourth-order valence-corrected chi connectivity index (χ4v) is 1.64. The minimum atomic E-state index is -4.44. The molecule has 1 amide bonds. The molecule has 0 unspecified atom stereocenters. The van der Waals surface area contributed by atoms with Crippen molar-refractivity contribution < 1.29 is 17.8 Å². The van der Waals surface area contributed by atoms with Crippen LogP contribution in [0.3, 0.4) is 0 Å². The van der Waals surface area contributed by atoms with Crippen LogP contribution in [0.2, 0.25) is 0 Å². The second-order valence-electron chi connectivity index (χ2n) is 4.67. The summed E-state index contributed by atoms with van der Waals surface area (Å²) in [5.74, 6) is -0.150. The van der Waals surface area contributed by atoms with Crippen LogP contribution in [0.4, 0.5) is 5.69 Å². The summed E-state index contributed by atoms with van der Waals surface area (Å²) >= 11 is 0. The molecule has 0 aliphatic rings. The van der Waals surface area contributed by atoms with Gasteiger partial charge in [0.2, 0.25) is 5.91 Å². The number of amides is 1. The van der Waals surface area contributed by atoms with Crippen molar-refractivity contribution in [2.45, 2.75) is 32.1 Å². The molecule has 1 aromatic carbocycles. The van der Waals surface area contributed by atoms with Crippen LogP contribution in [0, 0.1) is 5.41 Å². The second kappa shape index (κ2) is 5.07. The Hall–Kier alpha value is -1.40. The van der Waals surface area contributed by atoms with E-state index in [1.54, 1.807) is 0 Å². The Bertz CT molecular complexity index is 532. The molecule has 1 aromatic rings. The van der Waals surface area contributed by atoms with E-state index in [2.05, 4.69) is 5.32 Å². The zero-order chi connectivity index (χ0) is 14.0. The third-order valence-corrected chi connectivity index (χ3v) is 3.75. The van der Waals surface area contributed by atoms with Gasteiger partial charge in [0.05, 0.1) is 4.90 Å². The highest BCUT2D eigenvalue weighted by Gasteiger charge is 2.25. The van der Waals surface area contributed by atoms with Crippen LogP contribution in [-0.2, 0) is 14.9 Å². The Morgan fingerprint density at radius 3 is 2.17 bits per heavy atom. The van der Waals surface area contributed by atoms with Gasteiger partial charge in [-0.25, -0.2) is 8.42 Å². The molecule has 0 aliphatic carbocycles. The van der Waals surface area contributed by atoms with Crippen LogP contribution in [-0.4, -0.2) is 18.9 Å². The number of nitrogens with one attached hydrogen (secondary N) is 1. The lowest BCUT2D eigenvalue weighted by Crippen LogP contribution is -2.29. The first-order valence-corrected chi connectivity index (χ1v) is 6.95. The van der Waals surface area contributed by atoms with E-state index in [1.165, 1.54) is 24.3 Å². The molecule has 0 heterocycles. The molecule has 0 atom stereocenters. The molecule has 0 fully saturated rings. The van der Waals surface area contributed by atoms with Crippen LogP contribution in [0.5, 0.6) is 0 Å². The third kappa shape index (κ3) is 3.54. The van der Waals surface area contributed by atoms with Crippen LogP contribution < -0.4 is 5.32 Å². The molecule has 0 aliphatic heterocycles. The summed E-state index contributed by atoms with van der Waals surface area (Å²) in [5, 5.41) is 2.68. The Balaban J connectivity index is 2.86. The molecule has 0 saturated heterocycles. The zero-order valence-corrected chi connectivity index (χ0v) is 11.4. The SMILES string of the molecule is CCC(C)(C)C(=O)Nc1ccc(S(=O)(=O)[O-])cc1. The lowest BCUT2D eigenvalue weighted by atomic mass is 9.89. The maximum absolute atomic E-state index is 11.9. The molecule has 1 rings (SSSR count). The Kier molecular flexibility index (Phi) is 4.13. The Labute approximate surface area is 107 Å². The highest BCUT2D eigenvalue weighted by molar-refractivity contribution is 7.85. The number of carbonyl (C=O) groups is 1. The normalized spacial score (nSPS) is 12.2. The lowest BCUT2D eigenvalue weighted by molar-refractivity contribution is -0.124. The summed E-state index contributed by atoms with van der Waals surface area (Å²) in [6.07, 6.45) is 0.686. The number of benzene rings is 1. The number of anilines is 1. The Morgan fingerprint density at radius 2 is 1.78 bits per heavy atom. The first-order chi connectivity index (χ1) is 8.16. The molecule has 0 spiro atoms. The van der Waals surface area contributed by atoms with Gasteiger partial charge >= 0.3 is 0 Å². The third-order valence-electron chi connectivity index (χ3n) is 2.90. The second-order valence-corrected chi connectivity index (χ2v) is 6.05. The van der Waals surface area contributed by atoms with Gasteiger partial charge in [-0.2, -0.15) is 0 Å². The molecule has 100 valence electrons. The van der Waals surface area contributed by atoms with Gasteiger partial charge in [-0.3, -0.25) is 4.79 Å². The molecule has 0 aromatic heterocycles. The van der Waals surface area contributed by atoms with E-state index in [0.717, 1.165) is 0 Å². The maximum atomic E-state index is 11.9. The topological polar surface area (TPSA) is 86.3 Å². The zero-order valence-electron chi connectivity index (χ0n) is 10.6. The van der Waals surface area contributed by atoms with Crippen molar-refractivity contribution in [3.8, 4) is 0 Å². The van der Waals surface area contributed by atoms with E-state index in [0.29, 0.717) is 12.1 Å². The van der Waals surface area contributed by atoms with E-state index < -0.39 is 15.5 Å². The summed E-state index contributed by atoms with van der Waals surface area (Å²) < 4.78 is 32.2. The van der Waals surface area contributed by atoms with E-state index in [-0.39, 0.29) is 10.8 Å². The molecular formula is C12H16NO4S-. The van der Waals surface area contributed by atoms with Crippen molar-refractivity contribution in [1.82, 2.24) is 0 Å². The summed E-state index contributed by atoms with van der Waals surface area (Å²) in [7, 11) is -4.44. The first-order valence-electron chi connectivity index (χ1n) is 5.54. The van der Waals surface area contributed by atoms with Gasteiger partial charge in [0.15, 0.2) is 0 Å². The van der Waals surface area contributed by atoms with Crippen molar-refractivity contribution in [2.75, 3.05) is 5.32 Å². The minimum absolute atomic E-state index is 0.150. The first kappa shape index (κ1) is 14.7. The van der Waals surface area contributed by atoms with Crippen molar-refractivity contribution in [2.24, 2.45) is 5.41 Å². The fourth-order valence-electron chi connectivity index (χ4n) is 1.17. The molecule has 1 N–H and O–H groups in total. The molecule has 18 heavy (non-hydrogen) atoms. The van der Waals surface area contributed by atoms with E-state index >= 15 is 0 Å². The monoisotopic (exact) mass is 270 g/mol. The lowest BCUT2D eigenvalue weighted by Gasteiger charge is -2.21. The van der Waals surface area contributed by atoms with Crippen molar-refractivity contribution in [3.63, 3.8) is 0 Å². The number of rotatable bonds is 4. The Morgan fingerprint density at radius 1 is 1.28 bits per heavy atom. The van der Waals surface area contributed by atoms with Crippen molar-refractivity contribution in [3.05, 3.63) is 24.3 Å². The summed E-state index contributed by atoms with van der Waals surface area (Å²) in [6.45, 7) is 5.55. The van der Waals surface area contributed by atoms with Gasteiger partial charge in [0, 0.05) is 11.1 Å². The number of carbonyl (C=O) groups excluding carboxylic acids is 1. The van der Waals surface area contributed by atoms with E-state index in [1.807, 2.05) is 20.8 Å². The highest BCUT2D eigenvalue weighted by Crippen LogP contribution is 2.22. The molecule has 5 nitrogen and oxygen atoms in total. The van der Waals surface area contributed by atoms with Gasteiger partial charge in [-0.15, -0.1) is 0 Å². The number of hydrogen-bond donors (Lipinski definition) is 1. The quantitative estimate of drug-likeness (QED) is 0.847. The highest BCUT2D eigenvalue weighted by atomic mass is 32.2. The largest absolute Gasteiger partial charge is 0.744 e. The van der Waals surface area contributed by atoms with E-state index in [4.69, 9.17) is 0 Å². The standard InChI is InChI=1S/C12H17NO4S/c1-4-12(2,3)11(14)13-9-5-7-10(8-6-9)18(15,16)17/h5-8H,4H2,1-3H3,(H,13,14)(H,15,16,17)/p-1. The average molecular weight is 270 g/mol. The van der Waals surface area contributed by atoms with Gasteiger partial charge < -0.3 is 9.87 Å². The van der Waals surface area contributed by atoms with E-state index in [9.17, 15) is 17.8 Å². The van der Waals surface area contributed by atoms with Crippen LogP contribution in [0.1, 0.15) is 27.2 Å². The average Bonchev–Trinajstić information content (AvgIpc) is 2.28. The predicted molar refractivity (Wildman–Crippen MR) is 67.1 cm³/mol. The molecule has 0 saturated carbocycles. The van der Waals surface area contributed by atoms with Gasteiger partial charge in [0.25, 0.3) is 0 Å². The minimum Gasteiger partial charge on any atom is -0.744 e. The predicted octanol–water partition coefficient (Wildman–Crippen LogP) is 1.97. The maximum Gasteiger partial charge on any atom is 0.230 e. The van der Waals surface area contributed by atoms with Crippen LogP contribution in [0.15, 0.2) is 29.2 Å². The molecular weight excluding hydrogens is 254 g/mol. The smallest absolute Gasteiger partial charge is 0.230 e. The van der Waals surface area contributed by atoms with Crippen LogP contribution >= 0.6 is 0 Å².